The summed E-state index contributed by atoms with van der Waals surface area (Å²) < 4.78 is 0. The van der Waals surface area contributed by atoms with Crippen molar-refractivity contribution in [1.29, 1.82) is 0 Å². The molecule has 5 N–H and O–H groups in total. The van der Waals surface area contributed by atoms with Crippen LogP contribution in [0.4, 0.5) is 0 Å². The van der Waals surface area contributed by atoms with Gasteiger partial charge in [0.2, 0.25) is 5.91 Å². The number of aliphatic hydroxyl groups is 1. The predicted octanol–water partition coefficient (Wildman–Crippen LogP) is 1.81. The number of hydrogen-bond donors (Lipinski definition) is 4. The van der Waals surface area contributed by atoms with Crippen LogP contribution < -0.4 is 11.1 Å². The van der Waals surface area contributed by atoms with Gasteiger partial charge in [-0.2, -0.15) is 0 Å². The van der Waals surface area contributed by atoms with Crippen molar-refractivity contribution in [3.8, 4) is 0 Å². The van der Waals surface area contributed by atoms with Crippen molar-refractivity contribution in [1.82, 2.24) is 10.3 Å². The number of nitrogens with two attached hydrogens (primary N) is 1. The molecule has 0 bridgehead atoms. The summed E-state index contributed by atoms with van der Waals surface area (Å²) in [6, 6.07) is 14.7. The van der Waals surface area contributed by atoms with Gasteiger partial charge in [-0.1, -0.05) is 42.5 Å². The average Bonchev–Trinajstić information content (AvgIpc) is 3.16. The van der Waals surface area contributed by atoms with Gasteiger partial charge in [0.15, 0.2) is 0 Å². The first kappa shape index (κ1) is 15.9. The molecule has 0 spiro atoms. The Morgan fingerprint density at radius 2 is 2.00 bits per heavy atom. The summed E-state index contributed by atoms with van der Waals surface area (Å²) in [5.41, 5.74) is 10.2. The molecule has 0 radical (unpaired) electrons. The minimum atomic E-state index is -0.667. The quantitative estimate of drug-likeness (QED) is 0.586. The van der Waals surface area contributed by atoms with Gasteiger partial charge < -0.3 is 21.1 Å². The van der Waals surface area contributed by atoms with E-state index in [1.807, 2.05) is 54.7 Å². The summed E-state index contributed by atoms with van der Waals surface area (Å²) >= 11 is 0. The number of benzene rings is 2. The minimum Gasteiger partial charge on any atom is -0.390 e. The lowest BCUT2D eigenvalue weighted by molar-refractivity contribution is -0.123. The minimum absolute atomic E-state index is 0.244. The van der Waals surface area contributed by atoms with Gasteiger partial charge in [-0.15, -0.1) is 0 Å². The molecule has 1 aliphatic carbocycles. The van der Waals surface area contributed by atoms with E-state index in [1.54, 1.807) is 0 Å². The van der Waals surface area contributed by atoms with Crippen LogP contribution in [-0.2, 0) is 17.6 Å². The van der Waals surface area contributed by atoms with Crippen LogP contribution in [0, 0.1) is 0 Å². The van der Waals surface area contributed by atoms with Crippen LogP contribution >= 0.6 is 0 Å². The van der Waals surface area contributed by atoms with Crippen molar-refractivity contribution in [2.24, 2.45) is 5.73 Å². The van der Waals surface area contributed by atoms with Crippen LogP contribution in [0.15, 0.2) is 54.7 Å². The zero-order valence-electron chi connectivity index (χ0n) is 13.8. The van der Waals surface area contributed by atoms with Crippen LogP contribution in [0.25, 0.3) is 10.9 Å². The van der Waals surface area contributed by atoms with E-state index in [-0.39, 0.29) is 5.91 Å². The SMILES string of the molecule is N[C@@H](Cc1c[nH]c2ccccc12)C(=O)N[C@H]1c2ccccc2C[C@H]1O. The van der Waals surface area contributed by atoms with Crippen molar-refractivity contribution < 1.29 is 9.90 Å². The summed E-state index contributed by atoms with van der Waals surface area (Å²) in [5, 5.41) is 14.3. The summed E-state index contributed by atoms with van der Waals surface area (Å²) in [6.45, 7) is 0. The van der Waals surface area contributed by atoms with E-state index in [4.69, 9.17) is 5.73 Å². The smallest absolute Gasteiger partial charge is 0.237 e. The maximum atomic E-state index is 12.6. The first-order chi connectivity index (χ1) is 12.1. The molecule has 128 valence electrons. The Morgan fingerprint density at radius 3 is 2.88 bits per heavy atom. The average molecular weight is 335 g/mol. The Balaban J connectivity index is 1.48. The highest BCUT2D eigenvalue weighted by Gasteiger charge is 2.32. The number of aromatic amines is 1. The molecular weight excluding hydrogens is 314 g/mol. The molecule has 0 unspecified atom stereocenters. The zero-order chi connectivity index (χ0) is 17.4. The molecule has 1 aromatic heterocycles. The fraction of sp³-hybridized carbons (Fsp3) is 0.250. The fourth-order valence-corrected chi connectivity index (χ4v) is 3.64. The van der Waals surface area contributed by atoms with E-state index >= 15 is 0 Å². The molecule has 2 aromatic carbocycles. The Morgan fingerprint density at radius 1 is 1.24 bits per heavy atom. The van der Waals surface area contributed by atoms with Crippen molar-refractivity contribution >= 4 is 16.8 Å². The van der Waals surface area contributed by atoms with Crippen molar-refractivity contribution in [3.63, 3.8) is 0 Å². The topological polar surface area (TPSA) is 91.1 Å². The zero-order valence-corrected chi connectivity index (χ0v) is 13.8. The number of aliphatic hydroxyl groups excluding tert-OH is 1. The summed E-state index contributed by atoms with van der Waals surface area (Å²) in [4.78, 5) is 15.8. The second-order valence-corrected chi connectivity index (χ2v) is 6.63. The van der Waals surface area contributed by atoms with Crippen LogP contribution in [0.5, 0.6) is 0 Å². The number of aromatic nitrogens is 1. The third-order valence-corrected chi connectivity index (χ3v) is 4.95. The van der Waals surface area contributed by atoms with Gasteiger partial charge in [-0.05, 0) is 29.2 Å². The van der Waals surface area contributed by atoms with E-state index in [0.717, 1.165) is 27.6 Å². The first-order valence-electron chi connectivity index (χ1n) is 8.50. The molecule has 0 fully saturated rings. The normalized spacial score (nSPS) is 20.4. The molecule has 0 aliphatic heterocycles. The number of carbonyl (C=O) groups is 1. The predicted molar refractivity (Wildman–Crippen MR) is 97.0 cm³/mol. The standard InChI is InChI=1S/C20H21N3O2/c21-16(9-13-11-22-17-8-4-3-6-14(13)17)20(25)23-19-15-7-2-1-5-12(15)10-18(19)24/h1-8,11,16,18-19,22,24H,9-10,21H2,(H,23,25)/t16-,18+,19-/m0/s1. The molecule has 5 nitrogen and oxygen atoms in total. The number of amides is 1. The number of rotatable bonds is 4. The van der Waals surface area contributed by atoms with Crippen LogP contribution in [0.3, 0.4) is 0 Å². The number of nitrogens with one attached hydrogen (secondary N) is 2. The molecule has 4 rings (SSSR count). The Kier molecular flexibility index (Phi) is 4.03. The van der Waals surface area contributed by atoms with Crippen molar-refractivity contribution in [2.75, 3.05) is 0 Å². The third-order valence-electron chi connectivity index (χ3n) is 4.95. The molecule has 3 aromatic rings. The van der Waals surface area contributed by atoms with Gasteiger partial charge >= 0.3 is 0 Å². The lowest BCUT2D eigenvalue weighted by Crippen LogP contribution is -2.45. The highest BCUT2D eigenvalue weighted by Crippen LogP contribution is 2.31. The second kappa shape index (κ2) is 6.35. The number of H-pyrrole nitrogens is 1. The van der Waals surface area contributed by atoms with Gasteiger partial charge in [0.25, 0.3) is 0 Å². The lowest BCUT2D eigenvalue weighted by atomic mass is 10.0. The first-order valence-corrected chi connectivity index (χ1v) is 8.50. The fourth-order valence-electron chi connectivity index (χ4n) is 3.64. The number of fused-ring (bicyclic) bond motifs is 2. The number of carbonyl (C=O) groups excluding carboxylic acids is 1. The van der Waals surface area contributed by atoms with E-state index < -0.39 is 18.2 Å². The van der Waals surface area contributed by atoms with Crippen molar-refractivity contribution in [2.45, 2.75) is 31.0 Å². The highest BCUT2D eigenvalue weighted by molar-refractivity contribution is 5.86. The Labute approximate surface area is 145 Å². The van der Waals surface area contributed by atoms with Gasteiger partial charge in [-0.3, -0.25) is 4.79 Å². The molecular formula is C20H21N3O2. The van der Waals surface area contributed by atoms with E-state index in [1.165, 1.54) is 0 Å². The molecule has 0 saturated carbocycles. The number of para-hydroxylation sites is 1. The molecule has 0 saturated heterocycles. The van der Waals surface area contributed by atoms with Gasteiger partial charge in [0, 0.05) is 23.5 Å². The van der Waals surface area contributed by atoms with Crippen LogP contribution in [0.1, 0.15) is 22.7 Å². The molecule has 3 atom stereocenters. The van der Waals surface area contributed by atoms with Crippen LogP contribution in [-0.4, -0.2) is 28.1 Å². The largest absolute Gasteiger partial charge is 0.390 e. The van der Waals surface area contributed by atoms with Gasteiger partial charge in [0.1, 0.15) is 0 Å². The van der Waals surface area contributed by atoms with Crippen molar-refractivity contribution in [3.05, 3.63) is 71.4 Å². The molecule has 1 aliphatic rings. The number of hydrogen-bond acceptors (Lipinski definition) is 3. The maximum Gasteiger partial charge on any atom is 0.237 e. The lowest BCUT2D eigenvalue weighted by Gasteiger charge is -2.20. The maximum absolute atomic E-state index is 12.6. The van der Waals surface area contributed by atoms with E-state index in [9.17, 15) is 9.90 Å². The monoisotopic (exact) mass is 335 g/mol. The van der Waals surface area contributed by atoms with E-state index in [0.29, 0.717) is 12.8 Å². The third kappa shape index (κ3) is 2.92. The molecule has 1 amide bonds. The Hall–Kier alpha value is -2.63. The van der Waals surface area contributed by atoms with Gasteiger partial charge in [0.05, 0.1) is 18.2 Å². The molecule has 5 heteroatoms. The van der Waals surface area contributed by atoms with Crippen LogP contribution in [0.2, 0.25) is 0 Å². The highest BCUT2D eigenvalue weighted by atomic mass is 16.3. The Bertz CT molecular complexity index is 918. The van der Waals surface area contributed by atoms with E-state index in [2.05, 4.69) is 10.3 Å². The molecule has 1 heterocycles. The molecule has 25 heavy (non-hydrogen) atoms. The summed E-state index contributed by atoms with van der Waals surface area (Å²) in [6.07, 6.45) is 2.29. The van der Waals surface area contributed by atoms with Gasteiger partial charge in [-0.25, -0.2) is 0 Å². The second-order valence-electron chi connectivity index (χ2n) is 6.63. The summed E-state index contributed by atoms with van der Waals surface area (Å²) in [5.74, 6) is -0.244. The summed E-state index contributed by atoms with van der Waals surface area (Å²) in [7, 11) is 0.